The van der Waals surface area contributed by atoms with Crippen molar-refractivity contribution in [3.63, 3.8) is 0 Å². The Labute approximate surface area is 140 Å². The quantitative estimate of drug-likeness (QED) is 0.803. The van der Waals surface area contributed by atoms with Gasteiger partial charge in [-0.15, -0.1) is 23.7 Å². The predicted octanol–water partition coefficient (Wildman–Crippen LogP) is 0.659. The zero-order chi connectivity index (χ0) is 14.9. The molecule has 2 aliphatic heterocycles. The van der Waals surface area contributed by atoms with Crippen LogP contribution in [0, 0.1) is 5.92 Å². The van der Waals surface area contributed by atoms with Crippen LogP contribution in [0.15, 0.2) is 21.7 Å². The van der Waals surface area contributed by atoms with Crippen molar-refractivity contribution in [3.05, 3.63) is 17.5 Å². The van der Waals surface area contributed by atoms with Crippen LogP contribution in [0.25, 0.3) is 0 Å². The van der Waals surface area contributed by atoms with E-state index < -0.39 is 16.1 Å². The first-order valence-electron chi connectivity index (χ1n) is 7.13. The molecule has 2 saturated heterocycles. The molecule has 1 atom stereocenters. The number of amides is 1. The summed E-state index contributed by atoms with van der Waals surface area (Å²) < 4.78 is 26.8. The van der Waals surface area contributed by atoms with Gasteiger partial charge in [-0.2, -0.15) is 4.31 Å². The van der Waals surface area contributed by atoms with Gasteiger partial charge in [-0.1, -0.05) is 6.07 Å². The van der Waals surface area contributed by atoms with Gasteiger partial charge >= 0.3 is 0 Å². The maximum Gasteiger partial charge on any atom is 0.253 e. The molecular weight excluding hydrogens is 346 g/mol. The van der Waals surface area contributed by atoms with Gasteiger partial charge in [-0.3, -0.25) is 4.79 Å². The molecule has 0 spiro atoms. The smallest absolute Gasteiger partial charge is 0.253 e. The van der Waals surface area contributed by atoms with Gasteiger partial charge in [0.25, 0.3) is 10.0 Å². The third-order valence-electron chi connectivity index (χ3n) is 4.00. The SMILES string of the molecule is Cl.O=C(NCC1CNC1)C1CCCN1S(=O)(=O)c1cccs1. The third kappa shape index (κ3) is 3.46. The normalized spacial score (nSPS) is 22.8. The number of nitrogens with zero attached hydrogens (tertiary/aromatic N) is 1. The molecule has 0 aromatic carbocycles. The summed E-state index contributed by atoms with van der Waals surface area (Å²) in [6.45, 7) is 2.88. The largest absolute Gasteiger partial charge is 0.354 e. The third-order valence-corrected chi connectivity index (χ3v) is 7.28. The van der Waals surface area contributed by atoms with E-state index in [4.69, 9.17) is 0 Å². The van der Waals surface area contributed by atoms with E-state index in [2.05, 4.69) is 10.6 Å². The van der Waals surface area contributed by atoms with E-state index in [-0.39, 0.29) is 18.3 Å². The van der Waals surface area contributed by atoms with Crippen LogP contribution in [-0.4, -0.2) is 50.9 Å². The lowest BCUT2D eigenvalue weighted by Crippen LogP contribution is -2.51. The Kier molecular flexibility index (Phi) is 5.84. The van der Waals surface area contributed by atoms with Crippen LogP contribution >= 0.6 is 23.7 Å². The second-order valence-corrected chi connectivity index (χ2v) is 8.54. The van der Waals surface area contributed by atoms with Gasteiger partial charge in [0, 0.05) is 32.1 Å². The first kappa shape index (κ1) is 17.7. The molecule has 3 heterocycles. The van der Waals surface area contributed by atoms with Gasteiger partial charge in [-0.05, 0) is 24.3 Å². The second-order valence-electron chi connectivity index (χ2n) is 5.48. The minimum absolute atomic E-state index is 0. The Bertz CT molecular complexity index is 602. The Hall–Kier alpha value is -0.670. The van der Waals surface area contributed by atoms with Gasteiger partial charge in [0.2, 0.25) is 5.91 Å². The van der Waals surface area contributed by atoms with Gasteiger partial charge in [0.15, 0.2) is 0 Å². The van der Waals surface area contributed by atoms with E-state index >= 15 is 0 Å². The fourth-order valence-corrected chi connectivity index (χ4v) is 5.45. The van der Waals surface area contributed by atoms with Crippen molar-refractivity contribution < 1.29 is 13.2 Å². The lowest BCUT2D eigenvalue weighted by atomic mass is 10.0. The Morgan fingerprint density at radius 1 is 1.45 bits per heavy atom. The Morgan fingerprint density at radius 2 is 2.23 bits per heavy atom. The van der Waals surface area contributed by atoms with Crippen LogP contribution in [0.3, 0.4) is 0 Å². The molecule has 0 radical (unpaired) electrons. The number of halogens is 1. The Balaban J connectivity index is 0.00000176. The van der Waals surface area contributed by atoms with Crippen molar-refractivity contribution in [1.29, 1.82) is 0 Å². The zero-order valence-corrected chi connectivity index (χ0v) is 14.5. The molecule has 0 saturated carbocycles. The maximum absolute atomic E-state index is 12.6. The molecule has 2 aliphatic rings. The van der Waals surface area contributed by atoms with Gasteiger partial charge in [0.1, 0.15) is 10.3 Å². The molecule has 2 N–H and O–H groups in total. The van der Waals surface area contributed by atoms with Crippen molar-refractivity contribution in [2.24, 2.45) is 5.92 Å². The summed E-state index contributed by atoms with van der Waals surface area (Å²) in [5.74, 6) is 0.303. The minimum atomic E-state index is -3.54. The van der Waals surface area contributed by atoms with E-state index in [9.17, 15) is 13.2 Å². The number of rotatable bonds is 5. The summed E-state index contributed by atoms with van der Waals surface area (Å²) in [5, 5.41) is 7.78. The number of thiophene rings is 1. The van der Waals surface area contributed by atoms with Gasteiger partial charge in [-0.25, -0.2) is 8.42 Å². The van der Waals surface area contributed by atoms with Crippen molar-refractivity contribution in [2.45, 2.75) is 23.1 Å². The summed E-state index contributed by atoms with van der Waals surface area (Å²) in [7, 11) is -3.54. The van der Waals surface area contributed by atoms with Crippen LogP contribution in [0.2, 0.25) is 0 Å². The second kappa shape index (κ2) is 7.27. The molecule has 1 unspecified atom stereocenters. The molecule has 3 rings (SSSR count). The van der Waals surface area contributed by atoms with Crippen LogP contribution < -0.4 is 10.6 Å². The first-order chi connectivity index (χ1) is 10.1. The summed E-state index contributed by atoms with van der Waals surface area (Å²) in [6, 6.07) is 2.74. The number of carbonyl (C=O) groups excluding carboxylic acids is 1. The van der Waals surface area contributed by atoms with Crippen molar-refractivity contribution in [2.75, 3.05) is 26.2 Å². The standard InChI is InChI=1S/C13H19N3O3S2.ClH/c17-13(15-9-10-7-14-8-10)11-3-1-5-16(11)21(18,19)12-4-2-6-20-12;/h2,4,6,10-11,14H,1,3,5,7-9H2,(H,15,17);1H. The maximum atomic E-state index is 12.6. The van der Waals surface area contributed by atoms with Crippen LogP contribution in [0.5, 0.6) is 0 Å². The average Bonchev–Trinajstić information content (AvgIpc) is 3.08. The molecule has 9 heteroatoms. The number of carbonyl (C=O) groups is 1. The van der Waals surface area contributed by atoms with Crippen LogP contribution in [0.4, 0.5) is 0 Å². The fourth-order valence-electron chi connectivity index (χ4n) is 2.67. The van der Waals surface area contributed by atoms with Crippen molar-refractivity contribution >= 4 is 39.7 Å². The molecule has 1 amide bonds. The predicted molar refractivity (Wildman–Crippen MR) is 87.9 cm³/mol. The Morgan fingerprint density at radius 3 is 2.82 bits per heavy atom. The molecule has 6 nitrogen and oxygen atoms in total. The van der Waals surface area contributed by atoms with E-state index in [0.29, 0.717) is 29.6 Å². The van der Waals surface area contributed by atoms with E-state index in [0.717, 1.165) is 19.5 Å². The number of nitrogens with one attached hydrogen (secondary N) is 2. The van der Waals surface area contributed by atoms with Gasteiger partial charge < -0.3 is 10.6 Å². The minimum Gasteiger partial charge on any atom is -0.354 e. The molecule has 124 valence electrons. The molecule has 1 aromatic rings. The summed E-state index contributed by atoms with van der Waals surface area (Å²) in [6.07, 6.45) is 1.33. The van der Waals surface area contributed by atoms with E-state index in [1.165, 1.54) is 15.6 Å². The number of hydrogen-bond acceptors (Lipinski definition) is 5. The van der Waals surface area contributed by atoms with Crippen LogP contribution in [-0.2, 0) is 14.8 Å². The summed E-state index contributed by atoms with van der Waals surface area (Å²) in [5.41, 5.74) is 0. The summed E-state index contributed by atoms with van der Waals surface area (Å²) in [4.78, 5) is 12.3. The molecule has 2 fully saturated rings. The zero-order valence-electron chi connectivity index (χ0n) is 12.0. The highest BCUT2D eigenvalue weighted by Crippen LogP contribution is 2.28. The number of hydrogen-bond donors (Lipinski definition) is 2. The summed E-state index contributed by atoms with van der Waals surface area (Å²) >= 11 is 1.19. The monoisotopic (exact) mass is 365 g/mol. The first-order valence-corrected chi connectivity index (χ1v) is 9.45. The number of sulfonamides is 1. The lowest BCUT2D eigenvalue weighted by Gasteiger charge is -2.28. The molecular formula is C13H20ClN3O3S2. The highest BCUT2D eigenvalue weighted by molar-refractivity contribution is 7.91. The van der Waals surface area contributed by atoms with Crippen LogP contribution in [0.1, 0.15) is 12.8 Å². The highest BCUT2D eigenvalue weighted by Gasteiger charge is 2.39. The van der Waals surface area contributed by atoms with E-state index in [1.54, 1.807) is 17.5 Å². The average molecular weight is 366 g/mol. The lowest BCUT2D eigenvalue weighted by molar-refractivity contribution is -0.124. The molecule has 1 aromatic heterocycles. The fraction of sp³-hybridized carbons (Fsp3) is 0.615. The van der Waals surface area contributed by atoms with Crippen molar-refractivity contribution in [1.82, 2.24) is 14.9 Å². The van der Waals surface area contributed by atoms with Crippen molar-refractivity contribution in [3.8, 4) is 0 Å². The van der Waals surface area contributed by atoms with Gasteiger partial charge in [0.05, 0.1) is 0 Å². The molecule has 0 aliphatic carbocycles. The topological polar surface area (TPSA) is 78.5 Å². The molecule has 0 bridgehead atoms. The van der Waals surface area contributed by atoms with E-state index in [1.807, 2.05) is 0 Å². The highest BCUT2D eigenvalue weighted by atomic mass is 35.5. The molecule has 22 heavy (non-hydrogen) atoms.